The lowest BCUT2D eigenvalue weighted by atomic mass is 10.1. The van der Waals surface area contributed by atoms with Gasteiger partial charge in [0.25, 0.3) is 0 Å². The molecule has 0 aromatic heterocycles. The summed E-state index contributed by atoms with van der Waals surface area (Å²) < 4.78 is 0. The van der Waals surface area contributed by atoms with Gasteiger partial charge in [0.15, 0.2) is 0 Å². The monoisotopic (exact) mass is 284 g/mol. The van der Waals surface area contributed by atoms with E-state index in [4.69, 9.17) is 4.84 Å². The van der Waals surface area contributed by atoms with Gasteiger partial charge in [-0.05, 0) is 31.0 Å². The zero-order valence-corrected chi connectivity index (χ0v) is 12.0. The third-order valence-corrected chi connectivity index (χ3v) is 3.00. The van der Waals surface area contributed by atoms with Gasteiger partial charge in [-0.3, -0.25) is 0 Å². The summed E-state index contributed by atoms with van der Waals surface area (Å²) in [6.07, 6.45) is 1.42. The van der Waals surface area contributed by atoms with E-state index in [0.29, 0.717) is 6.42 Å². The molecule has 0 spiro atoms. The van der Waals surface area contributed by atoms with Gasteiger partial charge in [0, 0.05) is 32.6 Å². The summed E-state index contributed by atoms with van der Waals surface area (Å²) in [5, 5.41) is 5.26. The van der Waals surface area contributed by atoms with Crippen molar-refractivity contribution < 1.29 is 9.63 Å². The van der Waals surface area contributed by atoms with Gasteiger partial charge < -0.3 is 14.9 Å². The Balaban J connectivity index is 0.00000180. The molecule has 5 heteroatoms. The number of aryl methyl sites for hydroxylation is 1. The van der Waals surface area contributed by atoms with Gasteiger partial charge in [0.1, 0.15) is 11.5 Å². The lowest BCUT2D eigenvalue weighted by Gasteiger charge is -2.26. The van der Waals surface area contributed by atoms with Gasteiger partial charge in [-0.15, -0.1) is 17.5 Å². The van der Waals surface area contributed by atoms with Gasteiger partial charge >= 0.3 is 0 Å². The molecule has 19 heavy (non-hydrogen) atoms. The highest BCUT2D eigenvalue weighted by atomic mass is 35.5. The summed E-state index contributed by atoms with van der Waals surface area (Å²) in [6.45, 7) is 5.38. The topological polar surface area (TPSA) is 41.6 Å². The van der Waals surface area contributed by atoms with E-state index in [1.165, 1.54) is 5.56 Å². The first-order chi connectivity index (χ1) is 8.74. The smallest absolute Gasteiger partial charge is 0.147 e. The Hall–Kier alpha value is -1.10. The molecule has 1 aromatic rings. The SMILES string of the molecule is CC(=O)CCc1ccc(ON2CCNCC2)cc1.Cl. The number of carbonyl (C=O) groups excluding carboxylic acids is 1. The Kier molecular flexibility index (Phi) is 6.84. The summed E-state index contributed by atoms with van der Waals surface area (Å²) in [5.41, 5.74) is 1.18. The van der Waals surface area contributed by atoms with Gasteiger partial charge in [-0.1, -0.05) is 12.1 Å². The lowest BCUT2D eigenvalue weighted by molar-refractivity contribution is -0.116. The fourth-order valence-electron chi connectivity index (χ4n) is 1.92. The van der Waals surface area contributed by atoms with E-state index in [2.05, 4.69) is 5.32 Å². The Labute approximate surface area is 120 Å². The molecule has 1 aromatic carbocycles. The summed E-state index contributed by atoms with van der Waals surface area (Å²) in [5.74, 6) is 1.10. The molecular weight excluding hydrogens is 264 g/mol. The normalized spacial score (nSPS) is 15.6. The molecule has 2 rings (SSSR count). The van der Waals surface area contributed by atoms with Crippen molar-refractivity contribution in [3.63, 3.8) is 0 Å². The number of hydrogen-bond donors (Lipinski definition) is 1. The minimum absolute atomic E-state index is 0. The van der Waals surface area contributed by atoms with E-state index in [1.54, 1.807) is 6.92 Å². The van der Waals surface area contributed by atoms with Crippen LogP contribution in [0.15, 0.2) is 24.3 Å². The molecule has 0 atom stereocenters. The van der Waals surface area contributed by atoms with Crippen molar-refractivity contribution in [2.75, 3.05) is 26.2 Å². The minimum atomic E-state index is 0. The second kappa shape index (κ2) is 8.15. The van der Waals surface area contributed by atoms with Crippen LogP contribution in [0.1, 0.15) is 18.9 Å². The highest BCUT2D eigenvalue weighted by Crippen LogP contribution is 2.15. The van der Waals surface area contributed by atoms with E-state index >= 15 is 0 Å². The number of nitrogens with zero attached hydrogens (tertiary/aromatic N) is 1. The van der Waals surface area contributed by atoms with Crippen LogP contribution in [0.3, 0.4) is 0 Å². The molecule has 0 aliphatic carbocycles. The third-order valence-electron chi connectivity index (χ3n) is 3.00. The predicted octanol–water partition coefficient (Wildman–Crippen LogP) is 1.83. The molecule has 106 valence electrons. The Morgan fingerprint density at radius 3 is 2.47 bits per heavy atom. The van der Waals surface area contributed by atoms with Crippen molar-refractivity contribution in [2.45, 2.75) is 19.8 Å². The van der Waals surface area contributed by atoms with Crippen LogP contribution in [0.4, 0.5) is 0 Å². The molecule has 1 saturated heterocycles. The first-order valence-electron chi connectivity index (χ1n) is 6.46. The zero-order chi connectivity index (χ0) is 12.8. The van der Waals surface area contributed by atoms with Crippen LogP contribution in [0.5, 0.6) is 5.75 Å². The predicted molar refractivity (Wildman–Crippen MR) is 77.8 cm³/mol. The van der Waals surface area contributed by atoms with Crippen molar-refractivity contribution in [1.82, 2.24) is 10.4 Å². The average Bonchev–Trinajstić information content (AvgIpc) is 2.39. The molecule has 1 heterocycles. The van der Waals surface area contributed by atoms with Crippen molar-refractivity contribution in [1.29, 1.82) is 0 Å². The van der Waals surface area contributed by atoms with Crippen molar-refractivity contribution >= 4 is 18.2 Å². The largest absolute Gasteiger partial charge is 0.406 e. The highest BCUT2D eigenvalue weighted by Gasteiger charge is 2.10. The van der Waals surface area contributed by atoms with E-state index in [1.807, 2.05) is 29.3 Å². The van der Waals surface area contributed by atoms with Crippen LogP contribution in [-0.4, -0.2) is 37.0 Å². The van der Waals surface area contributed by atoms with E-state index in [0.717, 1.165) is 38.3 Å². The van der Waals surface area contributed by atoms with Gasteiger partial charge in [-0.25, -0.2) is 0 Å². The number of ketones is 1. The number of halogens is 1. The molecule has 1 N–H and O–H groups in total. The molecule has 0 bridgehead atoms. The second-order valence-corrected chi connectivity index (χ2v) is 4.62. The summed E-state index contributed by atoms with van der Waals surface area (Å²) >= 11 is 0. The summed E-state index contributed by atoms with van der Waals surface area (Å²) in [4.78, 5) is 16.7. The Morgan fingerprint density at radius 1 is 1.26 bits per heavy atom. The van der Waals surface area contributed by atoms with E-state index in [9.17, 15) is 4.79 Å². The van der Waals surface area contributed by atoms with Crippen LogP contribution in [0, 0.1) is 0 Å². The summed E-state index contributed by atoms with van der Waals surface area (Å²) in [7, 11) is 0. The second-order valence-electron chi connectivity index (χ2n) is 4.62. The van der Waals surface area contributed by atoms with E-state index < -0.39 is 0 Å². The first kappa shape index (κ1) is 16.0. The summed E-state index contributed by atoms with van der Waals surface area (Å²) in [6, 6.07) is 8.00. The number of piperazine rings is 1. The molecule has 0 amide bonds. The Morgan fingerprint density at radius 2 is 1.89 bits per heavy atom. The molecule has 1 fully saturated rings. The number of Topliss-reactive ketones (excluding diaryl/α,β-unsaturated/α-hetero) is 1. The third kappa shape index (κ3) is 5.59. The van der Waals surface area contributed by atoms with Crippen LogP contribution in [0.2, 0.25) is 0 Å². The molecule has 1 aliphatic rings. The number of carbonyl (C=O) groups is 1. The lowest BCUT2D eigenvalue weighted by Crippen LogP contribution is -2.45. The maximum absolute atomic E-state index is 10.9. The van der Waals surface area contributed by atoms with Crippen LogP contribution in [0.25, 0.3) is 0 Å². The standard InChI is InChI=1S/C14H20N2O2.ClH/c1-12(17)2-3-13-4-6-14(7-5-13)18-16-10-8-15-9-11-16;/h4-7,15H,2-3,8-11H2,1H3;1H. The fourth-order valence-corrected chi connectivity index (χ4v) is 1.92. The zero-order valence-electron chi connectivity index (χ0n) is 11.2. The van der Waals surface area contributed by atoms with Crippen LogP contribution in [-0.2, 0) is 11.2 Å². The van der Waals surface area contributed by atoms with Crippen LogP contribution >= 0.6 is 12.4 Å². The molecule has 0 unspecified atom stereocenters. The van der Waals surface area contributed by atoms with E-state index in [-0.39, 0.29) is 18.2 Å². The van der Waals surface area contributed by atoms with Crippen molar-refractivity contribution in [2.24, 2.45) is 0 Å². The van der Waals surface area contributed by atoms with Gasteiger partial charge in [0.05, 0.1) is 0 Å². The van der Waals surface area contributed by atoms with Gasteiger partial charge in [-0.2, -0.15) is 0 Å². The first-order valence-corrected chi connectivity index (χ1v) is 6.46. The Bertz CT molecular complexity index is 389. The molecule has 1 aliphatic heterocycles. The molecular formula is C14H21ClN2O2. The average molecular weight is 285 g/mol. The number of rotatable bonds is 5. The van der Waals surface area contributed by atoms with Crippen LogP contribution < -0.4 is 10.2 Å². The fraction of sp³-hybridized carbons (Fsp3) is 0.500. The molecule has 4 nitrogen and oxygen atoms in total. The number of nitrogens with one attached hydrogen (secondary N) is 1. The van der Waals surface area contributed by atoms with Gasteiger partial charge in [0.2, 0.25) is 0 Å². The maximum Gasteiger partial charge on any atom is 0.147 e. The number of benzene rings is 1. The minimum Gasteiger partial charge on any atom is -0.406 e. The number of hydrogen-bond acceptors (Lipinski definition) is 4. The van der Waals surface area contributed by atoms with Crippen molar-refractivity contribution in [3.8, 4) is 5.75 Å². The maximum atomic E-state index is 10.9. The highest BCUT2D eigenvalue weighted by molar-refractivity contribution is 5.85. The molecule has 0 saturated carbocycles. The van der Waals surface area contributed by atoms with Crippen molar-refractivity contribution in [3.05, 3.63) is 29.8 Å². The molecule has 0 radical (unpaired) electrons. The quantitative estimate of drug-likeness (QED) is 0.896. The number of hydroxylamine groups is 2.